The number of aryl methyl sites for hydroxylation is 2. The van der Waals surface area contributed by atoms with Crippen molar-refractivity contribution in [1.82, 2.24) is 15.1 Å². The molecule has 3 aromatic rings. The van der Waals surface area contributed by atoms with Gasteiger partial charge in [0, 0.05) is 22.0 Å². The molecule has 0 unspecified atom stereocenters. The monoisotopic (exact) mass is 299 g/mol. The first-order chi connectivity index (χ1) is 10.3. The molecule has 0 spiro atoms. The molecule has 0 saturated heterocycles. The SMILES string of the molecule is Cc1[nH]c2ccc(OCc3nc(C(C)(C)C)no3)cc2c1C. The molecule has 0 saturated carbocycles. The van der Waals surface area contributed by atoms with E-state index in [1.54, 1.807) is 0 Å². The van der Waals surface area contributed by atoms with Crippen molar-refractivity contribution in [3.63, 3.8) is 0 Å². The molecule has 0 aliphatic heterocycles. The van der Waals surface area contributed by atoms with Gasteiger partial charge in [-0.2, -0.15) is 4.98 Å². The van der Waals surface area contributed by atoms with Crippen LogP contribution in [0.15, 0.2) is 22.7 Å². The Bertz CT molecular complexity index is 809. The van der Waals surface area contributed by atoms with E-state index in [1.165, 1.54) is 16.6 Å². The van der Waals surface area contributed by atoms with Gasteiger partial charge >= 0.3 is 0 Å². The number of hydrogen-bond donors (Lipinski definition) is 1. The van der Waals surface area contributed by atoms with Gasteiger partial charge in [-0.15, -0.1) is 0 Å². The number of fused-ring (bicyclic) bond motifs is 1. The number of H-pyrrole nitrogens is 1. The predicted molar refractivity (Wildman–Crippen MR) is 85.1 cm³/mol. The summed E-state index contributed by atoms with van der Waals surface area (Å²) in [5.74, 6) is 1.98. The van der Waals surface area contributed by atoms with E-state index in [1.807, 2.05) is 39.0 Å². The van der Waals surface area contributed by atoms with Crippen LogP contribution in [-0.2, 0) is 12.0 Å². The Kier molecular flexibility index (Phi) is 3.43. The lowest BCUT2D eigenvalue weighted by Crippen LogP contribution is -2.13. The summed E-state index contributed by atoms with van der Waals surface area (Å²) in [6, 6.07) is 6.01. The normalized spacial score (nSPS) is 12.0. The van der Waals surface area contributed by atoms with Gasteiger partial charge in [0.2, 0.25) is 0 Å². The van der Waals surface area contributed by atoms with Crippen molar-refractivity contribution in [1.29, 1.82) is 0 Å². The molecule has 0 radical (unpaired) electrons. The van der Waals surface area contributed by atoms with Crippen LogP contribution >= 0.6 is 0 Å². The minimum absolute atomic E-state index is 0.125. The van der Waals surface area contributed by atoms with Gasteiger partial charge in [-0.3, -0.25) is 0 Å². The van der Waals surface area contributed by atoms with Gasteiger partial charge in [-0.05, 0) is 37.6 Å². The fraction of sp³-hybridized carbons (Fsp3) is 0.412. The second-order valence-corrected chi connectivity index (χ2v) is 6.63. The first-order valence-corrected chi connectivity index (χ1v) is 7.39. The number of rotatable bonds is 3. The van der Waals surface area contributed by atoms with Crippen LogP contribution in [0.4, 0.5) is 0 Å². The first-order valence-electron chi connectivity index (χ1n) is 7.39. The maximum atomic E-state index is 5.78. The molecule has 116 valence electrons. The number of nitrogens with zero attached hydrogens (tertiary/aromatic N) is 2. The Hall–Kier alpha value is -2.30. The topological polar surface area (TPSA) is 63.9 Å². The van der Waals surface area contributed by atoms with Gasteiger partial charge in [0.25, 0.3) is 5.89 Å². The lowest BCUT2D eigenvalue weighted by Gasteiger charge is -2.10. The Labute approximate surface area is 129 Å². The molecule has 5 nitrogen and oxygen atoms in total. The number of aromatic nitrogens is 3. The molecule has 1 aromatic carbocycles. The fourth-order valence-electron chi connectivity index (χ4n) is 2.29. The van der Waals surface area contributed by atoms with Crippen LogP contribution in [0.5, 0.6) is 5.75 Å². The van der Waals surface area contributed by atoms with Crippen molar-refractivity contribution < 1.29 is 9.26 Å². The third-order valence-electron chi connectivity index (χ3n) is 3.78. The molecule has 0 aliphatic carbocycles. The molecule has 0 amide bonds. The zero-order chi connectivity index (χ0) is 15.9. The quantitative estimate of drug-likeness (QED) is 0.792. The summed E-state index contributed by atoms with van der Waals surface area (Å²) in [5, 5.41) is 5.17. The van der Waals surface area contributed by atoms with E-state index >= 15 is 0 Å². The van der Waals surface area contributed by atoms with Crippen LogP contribution in [0, 0.1) is 13.8 Å². The highest BCUT2D eigenvalue weighted by Crippen LogP contribution is 2.26. The lowest BCUT2D eigenvalue weighted by molar-refractivity contribution is 0.242. The second-order valence-electron chi connectivity index (χ2n) is 6.63. The van der Waals surface area contributed by atoms with Crippen molar-refractivity contribution in [2.75, 3.05) is 0 Å². The van der Waals surface area contributed by atoms with E-state index in [9.17, 15) is 0 Å². The minimum Gasteiger partial charge on any atom is -0.484 e. The molecule has 1 N–H and O–H groups in total. The van der Waals surface area contributed by atoms with Crippen molar-refractivity contribution in [2.45, 2.75) is 46.6 Å². The van der Waals surface area contributed by atoms with Crippen LogP contribution in [0.1, 0.15) is 43.7 Å². The summed E-state index contributed by atoms with van der Waals surface area (Å²) in [6.45, 7) is 10.6. The molecular weight excluding hydrogens is 278 g/mol. The highest BCUT2D eigenvalue weighted by Gasteiger charge is 2.21. The van der Waals surface area contributed by atoms with E-state index < -0.39 is 0 Å². The standard InChI is InChI=1S/C17H21N3O2/c1-10-11(2)18-14-7-6-12(8-13(10)14)21-9-15-19-16(20-22-15)17(3,4)5/h6-8,18H,9H2,1-5H3. The zero-order valence-corrected chi connectivity index (χ0v) is 13.7. The maximum absolute atomic E-state index is 5.78. The molecule has 2 aromatic heterocycles. The molecule has 5 heteroatoms. The molecule has 0 fully saturated rings. The Morgan fingerprint density at radius 2 is 2.00 bits per heavy atom. The number of aromatic amines is 1. The molecule has 22 heavy (non-hydrogen) atoms. The Morgan fingerprint density at radius 1 is 1.23 bits per heavy atom. The van der Waals surface area contributed by atoms with E-state index in [2.05, 4.69) is 29.0 Å². The Morgan fingerprint density at radius 3 is 2.68 bits per heavy atom. The van der Waals surface area contributed by atoms with Crippen LogP contribution in [0.25, 0.3) is 10.9 Å². The molecule has 0 atom stereocenters. The van der Waals surface area contributed by atoms with Crippen LogP contribution in [-0.4, -0.2) is 15.1 Å². The maximum Gasteiger partial charge on any atom is 0.264 e. The van der Waals surface area contributed by atoms with Crippen LogP contribution in [0.3, 0.4) is 0 Å². The summed E-state index contributed by atoms with van der Waals surface area (Å²) in [5.41, 5.74) is 3.42. The molecule has 0 aliphatic rings. The van der Waals surface area contributed by atoms with Crippen molar-refractivity contribution in [2.24, 2.45) is 0 Å². The number of benzene rings is 1. The number of ether oxygens (including phenoxy) is 1. The number of hydrogen-bond acceptors (Lipinski definition) is 4. The molecule has 3 rings (SSSR count). The van der Waals surface area contributed by atoms with E-state index in [-0.39, 0.29) is 12.0 Å². The molecule has 2 heterocycles. The van der Waals surface area contributed by atoms with Gasteiger partial charge in [0.15, 0.2) is 12.4 Å². The highest BCUT2D eigenvalue weighted by atomic mass is 16.5. The van der Waals surface area contributed by atoms with Crippen molar-refractivity contribution in [3.8, 4) is 5.75 Å². The zero-order valence-electron chi connectivity index (χ0n) is 13.7. The summed E-state index contributed by atoms with van der Waals surface area (Å²) in [7, 11) is 0. The largest absolute Gasteiger partial charge is 0.484 e. The first kappa shape index (κ1) is 14.6. The second kappa shape index (κ2) is 5.16. The summed E-state index contributed by atoms with van der Waals surface area (Å²) in [6.07, 6.45) is 0. The van der Waals surface area contributed by atoms with Gasteiger partial charge in [0.1, 0.15) is 5.75 Å². The van der Waals surface area contributed by atoms with E-state index in [0.29, 0.717) is 11.7 Å². The molecule has 0 bridgehead atoms. The van der Waals surface area contributed by atoms with Gasteiger partial charge in [0.05, 0.1) is 0 Å². The fourth-order valence-corrected chi connectivity index (χ4v) is 2.29. The summed E-state index contributed by atoms with van der Waals surface area (Å²) >= 11 is 0. The highest BCUT2D eigenvalue weighted by molar-refractivity contribution is 5.85. The van der Waals surface area contributed by atoms with Gasteiger partial charge in [-0.25, -0.2) is 0 Å². The predicted octanol–water partition coefficient (Wildman–Crippen LogP) is 4.04. The van der Waals surface area contributed by atoms with Crippen molar-refractivity contribution in [3.05, 3.63) is 41.2 Å². The van der Waals surface area contributed by atoms with Crippen LogP contribution in [0.2, 0.25) is 0 Å². The van der Waals surface area contributed by atoms with Crippen LogP contribution < -0.4 is 4.74 Å². The van der Waals surface area contributed by atoms with E-state index in [0.717, 1.165) is 11.3 Å². The summed E-state index contributed by atoms with van der Waals surface area (Å²) < 4.78 is 11.0. The Balaban J connectivity index is 1.76. The smallest absolute Gasteiger partial charge is 0.264 e. The van der Waals surface area contributed by atoms with Gasteiger partial charge in [-0.1, -0.05) is 25.9 Å². The summed E-state index contributed by atoms with van der Waals surface area (Å²) in [4.78, 5) is 7.72. The minimum atomic E-state index is -0.125. The third-order valence-corrected chi connectivity index (χ3v) is 3.78. The van der Waals surface area contributed by atoms with Gasteiger partial charge < -0.3 is 14.2 Å². The average molecular weight is 299 g/mol. The average Bonchev–Trinajstić information content (AvgIpc) is 3.03. The molecular formula is C17H21N3O2. The van der Waals surface area contributed by atoms with E-state index in [4.69, 9.17) is 9.26 Å². The van der Waals surface area contributed by atoms with Crippen molar-refractivity contribution >= 4 is 10.9 Å². The lowest BCUT2D eigenvalue weighted by atomic mass is 9.96. The number of nitrogens with one attached hydrogen (secondary N) is 1. The third kappa shape index (κ3) is 2.71.